The van der Waals surface area contributed by atoms with Crippen LogP contribution >= 0.6 is 27.7 Å². The van der Waals surface area contributed by atoms with Gasteiger partial charge in [-0.05, 0) is 54.2 Å². The zero-order valence-corrected chi connectivity index (χ0v) is 17.2. The molecule has 0 bridgehead atoms. The molecule has 1 saturated heterocycles. The zero-order valence-electron chi connectivity index (χ0n) is 14.8. The minimum atomic E-state index is -1.03. The first-order valence-corrected chi connectivity index (χ1v) is 10.1. The average Bonchev–Trinajstić information content (AvgIpc) is 3.30. The van der Waals surface area contributed by atoms with Gasteiger partial charge in [-0.25, -0.2) is 9.79 Å². The number of aliphatic imine (C=N–C) groups is 1. The van der Waals surface area contributed by atoms with Gasteiger partial charge in [0.05, 0.1) is 16.2 Å². The van der Waals surface area contributed by atoms with Crippen molar-refractivity contribution >= 4 is 56.5 Å². The number of carbonyl (C=O) groups is 2. The van der Waals surface area contributed by atoms with Crippen LogP contribution in [0.15, 0.2) is 79.5 Å². The number of carbonyl (C=O) groups excluding carboxylic acids is 1. The lowest BCUT2D eigenvalue weighted by Crippen LogP contribution is -2.19. The lowest BCUT2D eigenvalue weighted by molar-refractivity contribution is -0.115. The molecule has 0 aliphatic carbocycles. The number of nitrogens with zero attached hydrogens (tertiary/aromatic N) is 1. The van der Waals surface area contributed by atoms with Gasteiger partial charge >= 0.3 is 5.97 Å². The van der Waals surface area contributed by atoms with Crippen LogP contribution in [0.3, 0.4) is 0 Å². The van der Waals surface area contributed by atoms with Gasteiger partial charge < -0.3 is 14.8 Å². The molecule has 1 aliphatic heterocycles. The van der Waals surface area contributed by atoms with Crippen molar-refractivity contribution in [2.24, 2.45) is 4.99 Å². The number of hydrogen-bond donors (Lipinski definition) is 2. The molecule has 1 fully saturated rings. The summed E-state index contributed by atoms with van der Waals surface area (Å²) in [5.74, 6) is -0.0679. The molecule has 0 unspecified atom stereocenters. The molecule has 0 spiro atoms. The summed E-state index contributed by atoms with van der Waals surface area (Å²) in [7, 11) is 0. The fraction of sp³-hybridized carbons (Fsp3) is 0. The molecular formula is C21H13BrN2O4S. The summed E-state index contributed by atoms with van der Waals surface area (Å²) in [4.78, 5) is 28.1. The first kappa shape index (κ1) is 19.2. The van der Waals surface area contributed by atoms with E-state index >= 15 is 0 Å². The third-order valence-electron chi connectivity index (χ3n) is 4.00. The summed E-state index contributed by atoms with van der Waals surface area (Å²) in [5, 5.41) is 12.1. The average molecular weight is 469 g/mol. The van der Waals surface area contributed by atoms with Gasteiger partial charge in [0, 0.05) is 16.1 Å². The standard InChI is InChI=1S/C21H13BrN2O4S/c22-14-6-4-12(5-7-14)17-9-8-16(28-17)11-18-19(25)24-21(29-18)23-15-3-1-2-13(10-15)20(26)27/h1-11H,(H,26,27)(H,23,24,25)/b18-11-. The second kappa shape index (κ2) is 8.10. The van der Waals surface area contributed by atoms with Gasteiger partial charge in [-0.2, -0.15) is 0 Å². The molecule has 0 radical (unpaired) electrons. The summed E-state index contributed by atoms with van der Waals surface area (Å²) >= 11 is 4.57. The molecule has 1 aromatic heterocycles. The van der Waals surface area contributed by atoms with Crippen LogP contribution < -0.4 is 5.32 Å². The smallest absolute Gasteiger partial charge is 0.335 e. The Bertz CT molecular complexity index is 1170. The van der Waals surface area contributed by atoms with Crippen LogP contribution in [-0.4, -0.2) is 22.2 Å². The van der Waals surface area contributed by atoms with E-state index in [4.69, 9.17) is 9.52 Å². The van der Waals surface area contributed by atoms with Gasteiger partial charge in [-0.3, -0.25) is 4.79 Å². The van der Waals surface area contributed by atoms with Crippen LogP contribution in [0.25, 0.3) is 17.4 Å². The Hall–Kier alpha value is -3.10. The van der Waals surface area contributed by atoms with E-state index in [1.54, 1.807) is 24.3 Å². The van der Waals surface area contributed by atoms with Crippen molar-refractivity contribution in [2.45, 2.75) is 0 Å². The molecule has 6 nitrogen and oxygen atoms in total. The number of carboxylic acids is 1. The number of benzene rings is 2. The number of rotatable bonds is 4. The van der Waals surface area contributed by atoms with Crippen LogP contribution in [0.5, 0.6) is 0 Å². The summed E-state index contributed by atoms with van der Waals surface area (Å²) < 4.78 is 6.81. The minimum Gasteiger partial charge on any atom is -0.478 e. The number of furan rings is 1. The molecule has 2 heterocycles. The van der Waals surface area contributed by atoms with Crippen LogP contribution in [0.4, 0.5) is 5.69 Å². The van der Waals surface area contributed by atoms with Crippen molar-refractivity contribution < 1.29 is 19.1 Å². The van der Waals surface area contributed by atoms with Gasteiger partial charge in [-0.1, -0.05) is 34.1 Å². The number of hydrogen-bond acceptors (Lipinski definition) is 5. The second-order valence-corrected chi connectivity index (χ2v) is 7.99. The molecule has 29 heavy (non-hydrogen) atoms. The molecule has 1 aliphatic rings. The Morgan fingerprint density at radius 1 is 1.14 bits per heavy atom. The quantitative estimate of drug-likeness (QED) is 0.506. The SMILES string of the molecule is O=C1NC(=Nc2cccc(C(=O)O)c2)S/C1=C\c1ccc(-c2ccc(Br)cc2)o1. The molecule has 0 atom stereocenters. The van der Waals surface area contributed by atoms with Gasteiger partial charge in [0.1, 0.15) is 11.5 Å². The highest BCUT2D eigenvalue weighted by atomic mass is 79.9. The molecule has 2 aromatic carbocycles. The summed E-state index contributed by atoms with van der Waals surface area (Å²) in [5.41, 5.74) is 1.51. The molecule has 144 valence electrons. The lowest BCUT2D eigenvalue weighted by atomic mass is 10.2. The fourth-order valence-corrected chi connectivity index (χ4v) is 3.72. The van der Waals surface area contributed by atoms with Crippen molar-refractivity contribution in [3.63, 3.8) is 0 Å². The number of amidine groups is 1. The Labute approximate surface area is 178 Å². The van der Waals surface area contributed by atoms with Gasteiger partial charge in [-0.15, -0.1) is 0 Å². The Kier molecular flexibility index (Phi) is 5.37. The molecule has 4 rings (SSSR count). The number of thioether (sulfide) groups is 1. The van der Waals surface area contributed by atoms with Crippen molar-refractivity contribution in [3.05, 3.63) is 81.4 Å². The van der Waals surface area contributed by atoms with Crippen molar-refractivity contribution in [1.29, 1.82) is 0 Å². The molecule has 2 N–H and O–H groups in total. The van der Waals surface area contributed by atoms with Crippen LogP contribution in [0, 0.1) is 0 Å². The Morgan fingerprint density at radius 3 is 2.69 bits per heavy atom. The minimum absolute atomic E-state index is 0.132. The largest absolute Gasteiger partial charge is 0.478 e. The molecule has 3 aromatic rings. The fourth-order valence-electron chi connectivity index (χ4n) is 2.64. The normalized spacial score (nSPS) is 16.4. The highest BCUT2D eigenvalue weighted by Crippen LogP contribution is 2.30. The third-order valence-corrected chi connectivity index (χ3v) is 5.44. The molecule has 0 saturated carbocycles. The van der Waals surface area contributed by atoms with Gasteiger partial charge in [0.15, 0.2) is 5.17 Å². The number of aromatic carboxylic acids is 1. The van der Waals surface area contributed by atoms with Gasteiger partial charge in [0.25, 0.3) is 5.91 Å². The van der Waals surface area contributed by atoms with E-state index in [-0.39, 0.29) is 11.5 Å². The third kappa shape index (κ3) is 4.49. The second-order valence-electron chi connectivity index (χ2n) is 6.05. The van der Waals surface area contributed by atoms with E-state index in [0.29, 0.717) is 27.3 Å². The Balaban J connectivity index is 1.54. The van der Waals surface area contributed by atoms with Gasteiger partial charge in [0.2, 0.25) is 0 Å². The number of carboxylic acid groups (broad SMARTS) is 1. The number of nitrogens with one attached hydrogen (secondary N) is 1. The van der Waals surface area contributed by atoms with E-state index in [2.05, 4.69) is 26.2 Å². The summed E-state index contributed by atoms with van der Waals surface area (Å²) in [6, 6.07) is 17.6. The van der Waals surface area contributed by atoms with E-state index in [1.165, 1.54) is 23.9 Å². The highest BCUT2D eigenvalue weighted by Gasteiger charge is 2.24. The predicted octanol–water partition coefficient (Wildman–Crippen LogP) is 5.30. The summed E-state index contributed by atoms with van der Waals surface area (Å²) in [6.45, 7) is 0. The topological polar surface area (TPSA) is 91.9 Å². The first-order valence-electron chi connectivity index (χ1n) is 8.47. The summed E-state index contributed by atoms with van der Waals surface area (Å²) in [6.07, 6.45) is 1.65. The zero-order chi connectivity index (χ0) is 20.4. The van der Waals surface area contributed by atoms with Crippen LogP contribution in [0.2, 0.25) is 0 Å². The maximum atomic E-state index is 12.2. The molecule has 8 heteroatoms. The lowest BCUT2D eigenvalue weighted by Gasteiger charge is -1.98. The molecule has 1 amide bonds. The first-order chi connectivity index (χ1) is 14.0. The van der Waals surface area contributed by atoms with E-state index in [1.807, 2.05) is 30.3 Å². The monoisotopic (exact) mass is 468 g/mol. The molecular weight excluding hydrogens is 456 g/mol. The van der Waals surface area contributed by atoms with Crippen LogP contribution in [-0.2, 0) is 4.79 Å². The number of amides is 1. The maximum absolute atomic E-state index is 12.2. The number of halogens is 1. The van der Waals surface area contributed by atoms with Crippen molar-refractivity contribution in [1.82, 2.24) is 5.32 Å². The van der Waals surface area contributed by atoms with E-state index in [0.717, 1.165) is 10.0 Å². The maximum Gasteiger partial charge on any atom is 0.335 e. The van der Waals surface area contributed by atoms with Crippen LogP contribution in [0.1, 0.15) is 16.1 Å². The Morgan fingerprint density at radius 2 is 1.93 bits per heavy atom. The highest BCUT2D eigenvalue weighted by molar-refractivity contribution is 9.10. The van der Waals surface area contributed by atoms with E-state index in [9.17, 15) is 9.59 Å². The van der Waals surface area contributed by atoms with Crippen molar-refractivity contribution in [3.8, 4) is 11.3 Å². The van der Waals surface area contributed by atoms with E-state index < -0.39 is 5.97 Å². The predicted molar refractivity (Wildman–Crippen MR) is 116 cm³/mol. The van der Waals surface area contributed by atoms with Crippen molar-refractivity contribution in [2.75, 3.05) is 0 Å².